The van der Waals surface area contributed by atoms with Crippen LogP contribution in [0.2, 0.25) is 0 Å². The molecule has 0 aliphatic rings. The Morgan fingerprint density at radius 1 is 0.594 bits per heavy atom. The van der Waals surface area contributed by atoms with Crippen molar-refractivity contribution in [3.8, 4) is 0 Å². The van der Waals surface area contributed by atoms with Crippen molar-refractivity contribution in [1.82, 2.24) is 0 Å². The van der Waals surface area contributed by atoms with Crippen molar-refractivity contribution in [3.63, 3.8) is 0 Å². The first-order chi connectivity index (χ1) is 15.2. The van der Waals surface area contributed by atoms with Crippen LogP contribution in [0, 0.1) is 0 Å². The third kappa shape index (κ3) is 13.6. The van der Waals surface area contributed by atoms with E-state index in [0.29, 0.717) is 5.92 Å². The Labute approximate surface area is 201 Å². The molecule has 1 aromatic rings. The van der Waals surface area contributed by atoms with Crippen molar-refractivity contribution < 1.29 is 5.48 Å². The fourth-order valence-corrected chi connectivity index (χ4v) is 5.11. The minimum absolute atomic E-state index is 0. The monoisotopic (exact) mass is 447 g/mol. The van der Waals surface area contributed by atoms with E-state index in [2.05, 4.69) is 51.1 Å². The first-order valence-corrected chi connectivity index (χ1v) is 14.0. The van der Waals surface area contributed by atoms with Crippen molar-refractivity contribution in [1.29, 1.82) is 0 Å². The van der Waals surface area contributed by atoms with Gasteiger partial charge in [-0.3, -0.25) is 0 Å². The number of hydrogen-bond acceptors (Lipinski definition) is 1. The summed E-state index contributed by atoms with van der Waals surface area (Å²) in [7, 11) is 0. The molecule has 0 saturated heterocycles. The fraction of sp³-hybridized carbons (Fsp3) is 0.800. The average Bonchev–Trinajstić information content (AvgIpc) is 2.81. The smallest absolute Gasteiger partial charge is 0.0218 e. The van der Waals surface area contributed by atoms with E-state index in [-0.39, 0.29) is 11.0 Å². The number of nitrogens with two attached hydrogens (primary N) is 1. The maximum absolute atomic E-state index is 6.84. The molecule has 0 amide bonds. The highest BCUT2D eigenvalue weighted by Crippen LogP contribution is 2.36. The lowest BCUT2D eigenvalue weighted by atomic mass is 9.73. The van der Waals surface area contributed by atoms with Crippen LogP contribution in [0.15, 0.2) is 30.3 Å². The maximum Gasteiger partial charge on any atom is 0.0218 e. The molecule has 0 radical (unpaired) electrons. The normalized spacial score (nSPS) is 12.5. The van der Waals surface area contributed by atoms with Gasteiger partial charge in [-0.25, -0.2) is 0 Å². The van der Waals surface area contributed by atoms with Gasteiger partial charge in [-0.15, -0.1) is 0 Å². The summed E-state index contributed by atoms with van der Waals surface area (Å²) in [4.78, 5) is 0. The van der Waals surface area contributed by atoms with E-state index in [4.69, 9.17) is 5.73 Å². The summed E-state index contributed by atoms with van der Waals surface area (Å²) in [6, 6.07) is 11.0. The Morgan fingerprint density at radius 2 is 0.969 bits per heavy atom. The molecule has 1 atom stereocenters. The van der Waals surface area contributed by atoms with Gasteiger partial charge in [-0.2, -0.15) is 0 Å². The predicted octanol–water partition coefficient (Wildman–Crippen LogP) is 9.11. The van der Waals surface area contributed by atoms with Gasteiger partial charge in [0.2, 0.25) is 0 Å². The van der Waals surface area contributed by atoms with Gasteiger partial charge in [0, 0.05) is 11.5 Å². The number of benzene rings is 1. The third-order valence-electron chi connectivity index (χ3n) is 7.56. The Hall–Kier alpha value is -0.860. The maximum atomic E-state index is 6.84. The zero-order valence-electron chi connectivity index (χ0n) is 22.0. The van der Waals surface area contributed by atoms with Crippen molar-refractivity contribution in [2.75, 3.05) is 0 Å². The first kappa shape index (κ1) is 31.1. The van der Waals surface area contributed by atoms with Crippen molar-refractivity contribution >= 4 is 0 Å². The van der Waals surface area contributed by atoms with Gasteiger partial charge in [0.25, 0.3) is 0 Å². The van der Waals surface area contributed by atoms with Crippen LogP contribution < -0.4 is 5.73 Å². The lowest BCUT2D eigenvalue weighted by Crippen LogP contribution is -2.44. The van der Waals surface area contributed by atoms with Gasteiger partial charge in [0.1, 0.15) is 0 Å². The second kappa shape index (κ2) is 20.7. The predicted molar refractivity (Wildman–Crippen MR) is 144 cm³/mol. The van der Waals surface area contributed by atoms with Crippen LogP contribution in [0.4, 0.5) is 0 Å². The van der Waals surface area contributed by atoms with Gasteiger partial charge in [0.15, 0.2) is 0 Å². The Balaban J connectivity index is 0.00000961. The number of unbranched alkanes of at least 4 members (excludes halogenated alkanes) is 15. The summed E-state index contributed by atoms with van der Waals surface area (Å²) in [6.45, 7) is 6.81. The second-order valence-electron chi connectivity index (χ2n) is 10.00. The topological polar surface area (TPSA) is 57.5 Å². The van der Waals surface area contributed by atoms with Crippen LogP contribution in [-0.2, 0) is 0 Å². The zero-order valence-corrected chi connectivity index (χ0v) is 22.0. The van der Waals surface area contributed by atoms with Gasteiger partial charge >= 0.3 is 0 Å². The van der Waals surface area contributed by atoms with E-state index in [1.165, 1.54) is 115 Å². The molecule has 1 unspecified atom stereocenters. The molecule has 1 aromatic carbocycles. The molecular weight excluding hydrogens is 390 g/mol. The molecule has 4 N–H and O–H groups in total. The molecule has 0 spiro atoms. The molecule has 0 bridgehead atoms. The van der Waals surface area contributed by atoms with Gasteiger partial charge in [0.05, 0.1) is 0 Å². The van der Waals surface area contributed by atoms with Crippen LogP contribution >= 0.6 is 0 Å². The van der Waals surface area contributed by atoms with Gasteiger partial charge < -0.3 is 11.2 Å². The van der Waals surface area contributed by atoms with E-state index in [1.54, 1.807) is 0 Å². The summed E-state index contributed by atoms with van der Waals surface area (Å²) >= 11 is 0. The summed E-state index contributed by atoms with van der Waals surface area (Å²) in [6.07, 6.45) is 26.2. The highest BCUT2D eigenvalue weighted by molar-refractivity contribution is 5.23. The van der Waals surface area contributed by atoms with Crippen LogP contribution in [0.1, 0.15) is 154 Å². The van der Waals surface area contributed by atoms with Crippen molar-refractivity contribution in [2.24, 2.45) is 5.73 Å². The summed E-state index contributed by atoms with van der Waals surface area (Å²) in [5.41, 5.74) is 8.22. The highest BCUT2D eigenvalue weighted by atomic mass is 16.0. The highest BCUT2D eigenvalue weighted by Gasteiger charge is 2.32. The zero-order chi connectivity index (χ0) is 22.6. The van der Waals surface area contributed by atoms with E-state index in [0.717, 1.165) is 12.8 Å². The van der Waals surface area contributed by atoms with Crippen LogP contribution in [0.3, 0.4) is 0 Å². The number of hydrogen-bond donors (Lipinski definition) is 1. The first-order valence-electron chi connectivity index (χ1n) is 14.0. The summed E-state index contributed by atoms with van der Waals surface area (Å²) < 4.78 is 0. The quantitative estimate of drug-likeness (QED) is 0.188. The van der Waals surface area contributed by atoms with Gasteiger partial charge in [-0.1, -0.05) is 154 Å². The largest absolute Gasteiger partial charge is 0.412 e. The van der Waals surface area contributed by atoms with Crippen LogP contribution in [0.25, 0.3) is 0 Å². The Bertz CT molecular complexity index is 497. The number of rotatable bonds is 21. The fourth-order valence-electron chi connectivity index (χ4n) is 5.11. The molecule has 0 fully saturated rings. The van der Waals surface area contributed by atoms with E-state index < -0.39 is 0 Å². The average molecular weight is 448 g/mol. The van der Waals surface area contributed by atoms with Crippen LogP contribution in [-0.4, -0.2) is 11.0 Å². The van der Waals surface area contributed by atoms with Gasteiger partial charge in [-0.05, 0) is 24.8 Å². The minimum atomic E-state index is -0.0587. The second-order valence-corrected chi connectivity index (χ2v) is 10.00. The standard InChI is InChI=1S/C30H55N.H2O/c1-4-7-8-9-10-11-12-13-14-15-16-17-18-19-20-24-27-29(30(31,5-2)6-3)28-25-22-21-23-26-28;/h21-23,25-26,29H,4-20,24,27,31H2,1-3H3;1H2. The molecule has 0 heterocycles. The molecular formula is C30H57NO. The SMILES string of the molecule is CCCCCCCCCCCCCCCCCCC(c1ccccc1)C(N)(CC)CC.O. The summed E-state index contributed by atoms with van der Waals surface area (Å²) in [5, 5.41) is 0. The minimum Gasteiger partial charge on any atom is -0.412 e. The van der Waals surface area contributed by atoms with Crippen molar-refractivity contribution in [2.45, 2.75) is 154 Å². The summed E-state index contributed by atoms with van der Waals surface area (Å²) in [5.74, 6) is 0.496. The van der Waals surface area contributed by atoms with Crippen LogP contribution in [0.5, 0.6) is 0 Å². The molecule has 1 rings (SSSR count). The lowest BCUT2D eigenvalue weighted by molar-refractivity contribution is 0.300. The lowest BCUT2D eigenvalue weighted by Gasteiger charge is -2.37. The van der Waals surface area contributed by atoms with Crippen molar-refractivity contribution in [3.05, 3.63) is 35.9 Å². The molecule has 0 saturated carbocycles. The van der Waals surface area contributed by atoms with E-state index in [9.17, 15) is 0 Å². The molecule has 188 valence electrons. The molecule has 0 aromatic heterocycles. The Morgan fingerprint density at radius 3 is 1.34 bits per heavy atom. The molecule has 32 heavy (non-hydrogen) atoms. The Kier molecular flexibility index (Phi) is 20.2. The third-order valence-corrected chi connectivity index (χ3v) is 7.56. The van der Waals surface area contributed by atoms with E-state index >= 15 is 0 Å². The molecule has 2 nitrogen and oxygen atoms in total. The molecule has 0 aliphatic heterocycles. The molecule has 2 heteroatoms. The van der Waals surface area contributed by atoms with E-state index in [1.807, 2.05) is 0 Å². The molecule has 0 aliphatic carbocycles.